The Balaban J connectivity index is 1.64. The first-order valence-electron chi connectivity index (χ1n) is 8.62. The Kier molecular flexibility index (Phi) is 5.37. The zero-order valence-electron chi connectivity index (χ0n) is 14.5. The SMILES string of the molecule is CC[C@H](C)[C@H](NC(=O)CCCn1cnnn1)c1nc2ccccc2[nH]1. The Hall–Kier alpha value is -2.77. The third-order valence-corrected chi connectivity index (χ3v) is 4.41. The number of nitrogens with zero attached hydrogens (tertiary/aromatic N) is 5. The number of imidazole rings is 1. The van der Waals surface area contributed by atoms with Crippen molar-refractivity contribution in [3.05, 3.63) is 36.4 Å². The molecule has 0 spiro atoms. The predicted molar refractivity (Wildman–Crippen MR) is 93.5 cm³/mol. The summed E-state index contributed by atoms with van der Waals surface area (Å²) in [6, 6.07) is 7.77. The minimum Gasteiger partial charge on any atom is -0.346 e. The van der Waals surface area contributed by atoms with Crippen molar-refractivity contribution in [2.45, 2.75) is 45.7 Å². The molecule has 0 aliphatic heterocycles. The summed E-state index contributed by atoms with van der Waals surface area (Å²) in [6.07, 6.45) is 3.61. The quantitative estimate of drug-likeness (QED) is 0.654. The lowest BCUT2D eigenvalue weighted by Crippen LogP contribution is -2.33. The van der Waals surface area contributed by atoms with Crippen LogP contribution in [0.4, 0.5) is 0 Å². The van der Waals surface area contributed by atoms with Crippen molar-refractivity contribution < 1.29 is 4.79 Å². The van der Waals surface area contributed by atoms with Crippen LogP contribution in [-0.2, 0) is 11.3 Å². The molecule has 1 aromatic carbocycles. The van der Waals surface area contributed by atoms with Gasteiger partial charge in [-0.2, -0.15) is 0 Å². The molecular weight excluding hydrogens is 318 g/mol. The molecule has 2 heterocycles. The van der Waals surface area contributed by atoms with E-state index in [9.17, 15) is 4.79 Å². The van der Waals surface area contributed by atoms with Crippen molar-refractivity contribution in [3.8, 4) is 0 Å². The summed E-state index contributed by atoms with van der Waals surface area (Å²) in [5.74, 6) is 1.10. The van der Waals surface area contributed by atoms with Gasteiger partial charge in [-0.25, -0.2) is 9.67 Å². The number of rotatable bonds is 8. The maximum Gasteiger partial charge on any atom is 0.220 e. The fourth-order valence-corrected chi connectivity index (χ4v) is 2.77. The van der Waals surface area contributed by atoms with E-state index >= 15 is 0 Å². The number of carbonyl (C=O) groups is 1. The molecule has 0 saturated heterocycles. The Bertz CT molecular complexity index is 778. The highest BCUT2D eigenvalue weighted by molar-refractivity contribution is 5.77. The maximum atomic E-state index is 12.4. The summed E-state index contributed by atoms with van der Waals surface area (Å²) in [6.45, 7) is 4.86. The summed E-state index contributed by atoms with van der Waals surface area (Å²) >= 11 is 0. The highest BCUT2D eigenvalue weighted by Crippen LogP contribution is 2.24. The van der Waals surface area contributed by atoms with Crippen molar-refractivity contribution >= 4 is 16.9 Å². The van der Waals surface area contributed by atoms with Gasteiger partial charge in [0.25, 0.3) is 0 Å². The lowest BCUT2D eigenvalue weighted by atomic mass is 9.98. The van der Waals surface area contributed by atoms with Crippen molar-refractivity contribution in [2.75, 3.05) is 0 Å². The van der Waals surface area contributed by atoms with Gasteiger partial charge < -0.3 is 10.3 Å². The number of hydrogen-bond donors (Lipinski definition) is 2. The van der Waals surface area contributed by atoms with E-state index in [0.717, 1.165) is 23.3 Å². The number of aromatic amines is 1. The molecule has 132 valence electrons. The highest BCUT2D eigenvalue weighted by atomic mass is 16.1. The van der Waals surface area contributed by atoms with Crippen LogP contribution in [0.15, 0.2) is 30.6 Å². The van der Waals surface area contributed by atoms with Crippen molar-refractivity contribution in [1.82, 2.24) is 35.5 Å². The van der Waals surface area contributed by atoms with E-state index in [4.69, 9.17) is 0 Å². The molecule has 8 heteroatoms. The monoisotopic (exact) mass is 341 g/mol. The Morgan fingerprint density at radius 2 is 2.20 bits per heavy atom. The minimum absolute atomic E-state index is 0.0128. The van der Waals surface area contributed by atoms with Crippen LogP contribution in [0.25, 0.3) is 11.0 Å². The van der Waals surface area contributed by atoms with Crippen molar-refractivity contribution in [1.29, 1.82) is 0 Å². The smallest absolute Gasteiger partial charge is 0.220 e. The highest BCUT2D eigenvalue weighted by Gasteiger charge is 2.23. The van der Waals surface area contributed by atoms with Gasteiger partial charge in [-0.05, 0) is 34.9 Å². The number of nitrogens with one attached hydrogen (secondary N) is 2. The maximum absolute atomic E-state index is 12.4. The summed E-state index contributed by atoms with van der Waals surface area (Å²) in [4.78, 5) is 20.4. The number of amides is 1. The normalized spacial score (nSPS) is 13.7. The third-order valence-electron chi connectivity index (χ3n) is 4.41. The number of hydrogen-bond acceptors (Lipinski definition) is 5. The molecule has 8 nitrogen and oxygen atoms in total. The van der Waals surface area contributed by atoms with Crippen molar-refractivity contribution in [2.24, 2.45) is 5.92 Å². The molecule has 3 rings (SSSR count). The molecule has 0 aliphatic carbocycles. The number of carbonyl (C=O) groups excluding carboxylic acids is 1. The first-order chi connectivity index (χ1) is 12.2. The van der Waals surface area contributed by atoms with Crippen LogP contribution < -0.4 is 5.32 Å². The van der Waals surface area contributed by atoms with E-state index in [0.29, 0.717) is 19.4 Å². The van der Waals surface area contributed by atoms with E-state index in [-0.39, 0.29) is 17.9 Å². The van der Waals surface area contributed by atoms with Crippen LogP contribution >= 0.6 is 0 Å². The van der Waals surface area contributed by atoms with E-state index < -0.39 is 0 Å². The van der Waals surface area contributed by atoms with Gasteiger partial charge in [0.1, 0.15) is 12.2 Å². The molecule has 0 bridgehead atoms. The average Bonchev–Trinajstić information content (AvgIpc) is 3.28. The number of para-hydroxylation sites is 2. The minimum atomic E-state index is -0.127. The van der Waals surface area contributed by atoms with E-state index in [2.05, 4.69) is 44.7 Å². The molecule has 3 aromatic rings. The first-order valence-corrected chi connectivity index (χ1v) is 8.62. The molecule has 0 fully saturated rings. The van der Waals surface area contributed by atoms with Crippen LogP contribution in [0.1, 0.15) is 45.0 Å². The van der Waals surface area contributed by atoms with E-state index in [1.165, 1.54) is 0 Å². The largest absolute Gasteiger partial charge is 0.346 e. The number of fused-ring (bicyclic) bond motifs is 1. The average molecular weight is 341 g/mol. The number of aryl methyl sites for hydroxylation is 1. The molecule has 0 aliphatic rings. The number of tetrazole rings is 1. The lowest BCUT2D eigenvalue weighted by molar-refractivity contribution is -0.122. The molecule has 2 atom stereocenters. The molecule has 1 amide bonds. The fraction of sp³-hybridized carbons (Fsp3) is 0.471. The predicted octanol–water partition coefficient (Wildman–Crippen LogP) is 2.23. The first kappa shape index (κ1) is 17.1. The van der Waals surface area contributed by atoms with E-state index in [1.54, 1.807) is 11.0 Å². The van der Waals surface area contributed by atoms with Gasteiger partial charge in [0.05, 0.1) is 17.1 Å². The zero-order chi connectivity index (χ0) is 17.6. The summed E-state index contributed by atoms with van der Waals surface area (Å²) in [5.41, 5.74) is 1.90. The Morgan fingerprint density at radius 3 is 2.92 bits per heavy atom. The van der Waals surface area contributed by atoms with Crippen LogP contribution in [0.3, 0.4) is 0 Å². The van der Waals surface area contributed by atoms with Gasteiger partial charge in [-0.1, -0.05) is 32.4 Å². The van der Waals surface area contributed by atoms with Crippen LogP contribution in [0.2, 0.25) is 0 Å². The van der Waals surface area contributed by atoms with Crippen LogP contribution in [-0.4, -0.2) is 36.1 Å². The number of H-pyrrole nitrogens is 1. The molecule has 0 saturated carbocycles. The second-order valence-electron chi connectivity index (χ2n) is 6.25. The van der Waals surface area contributed by atoms with Gasteiger partial charge in [0, 0.05) is 13.0 Å². The molecular formula is C17H23N7O. The molecule has 2 N–H and O–H groups in total. The molecule has 2 aromatic heterocycles. The standard InChI is InChI=1S/C17H23N7O/c1-3-12(2)16(17-19-13-7-4-5-8-14(13)20-17)21-15(25)9-6-10-24-11-18-22-23-24/h4-5,7-8,11-12,16H,3,6,9-10H2,1-2H3,(H,19,20)(H,21,25)/t12-,16-/m0/s1. The van der Waals surface area contributed by atoms with Gasteiger partial charge in [0.2, 0.25) is 5.91 Å². The van der Waals surface area contributed by atoms with Gasteiger partial charge in [-0.3, -0.25) is 4.79 Å². The Morgan fingerprint density at radius 1 is 1.36 bits per heavy atom. The molecule has 0 unspecified atom stereocenters. The topological polar surface area (TPSA) is 101 Å². The summed E-state index contributed by atoms with van der Waals surface area (Å²) in [5, 5.41) is 14.1. The van der Waals surface area contributed by atoms with Gasteiger partial charge in [0.15, 0.2) is 0 Å². The molecule has 25 heavy (non-hydrogen) atoms. The number of aromatic nitrogens is 6. The van der Waals surface area contributed by atoms with Gasteiger partial charge >= 0.3 is 0 Å². The van der Waals surface area contributed by atoms with Gasteiger partial charge in [-0.15, -0.1) is 5.10 Å². The van der Waals surface area contributed by atoms with E-state index in [1.807, 2.05) is 24.3 Å². The van der Waals surface area contributed by atoms with Crippen molar-refractivity contribution in [3.63, 3.8) is 0 Å². The number of benzene rings is 1. The Labute approximate surface area is 146 Å². The summed E-state index contributed by atoms with van der Waals surface area (Å²) < 4.78 is 1.62. The third kappa shape index (κ3) is 4.20. The fourth-order valence-electron chi connectivity index (χ4n) is 2.77. The zero-order valence-corrected chi connectivity index (χ0v) is 14.5. The van der Waals surface area contributed by atoms with Crippen LogP contribution in [0, 0.1) is 5.92 Å². The van der Waals surface area contributed by atoms with Crippen LogP contribution in [0.5, 0.6) is 0 Å². The second-order valence-corrected chi connectivity index (χ2v) is 6.25. The molecule has 0 radical (unpaired) electrons. The summed E-state index contributed by atoms with van der Waals surface area (Å²) in [7, 11) is 0. The lowest BCUT2D eigenvalue weighted by Gasteiger charge is -2.22. The second kappa shape index (κ2) is 7.87.